The molecule has 0 saturated carbocycles. The number of nitrogens with one attached hydrogen (secondary N) is 2. The number of benzene rings is 1. The van der Waals surface area contributed by atoms with Crippen LogP contribution in [0.1, 0.15) is 35.7 Å². The molecule has 3 heterocycles. The molecule has 1 aromatic carbocycles. The number of aromatic nitrogens is 4. The Balaban J connectivity index is 1.60. The zero-order valence-corrected chi connectivity index (χ0v) is 19.9. The molecule has 0 aliphatic carbocycles. The number of carbonyl (C=O) groups is 1. The third kappa shape index (κ3) is 5.55. The normalized spacial score (nSPS) is 17.6. The van der Waals surface area contributed by atoms with Crippen molar-refractivity contribution < 1.29 is 19.4 Å². The standard InChI is InChI=1S/C25H31N5O5/c1-17-23(25(33)30(29(17)2)20-7-4-3-5-8-20)18-13-21(35-22(14-18)34-12-6-11-31)24(32)27-10-9-19-15-26-16-28-19/h3-5,7-8,13,15-16,18,22,31H,6,9-12,14H2,1-2H3,(H,26,28)(H,27,32)/t18-,22+/m1/s1. The second-order valence-electron chi connectivity index (χ2n) is 8.43. The van der Waals surface area contributed by atoms with Crippen molar-refractivity contribution in [2.24, 2.45) is 7.05 Å². The first-order chi connectivity index (χ1) is 17.0. The van der Waals surface area contributed by atoms with Gasteiger partial charge in [-0.25, -0.2) is 9.67 Å². The summed E-state index contributed by atoms with van der Waals surface area (Å²) in [4.78, 5) is 33.4. The number of para-hydroxylation sites is 1. The van der Waals surface area contributed by atoms with Crippen molar-refractivity contribution in [2.75, 3.05) is 19.8 Å². The summed E-state index contributed by atoms with van der Waals surface area (Å²) in [5.74, 6) is -0.629. The molecule has 0 fully saturated rings. The molecule has 3 aromatic rings. The fraction of sp³-hybridized carbons (Fsp3) is 0.400. The fourth-order valence-corrected chi connectivity index (χ4v) is 4.23. The third-order valence-corrected chi connectivity index (χ3v) is 6.09. The minimum Gasteiger partial charge on any atom is -0.459 e. The minimum absolute atomic E-state index is 0.00743. The van der Waals surface area contributed by atoms with E-state index in [4.69, 9.17) is 14.6 Å². The van der Waals surface area contributed by atoms with Gasteiger partial charge in [-0.2, -0.15) is 0 Å². The molecule has 0 radical (unpaired) electrons. The van der Waals surface area contributed by atoms with Crippen molar-refractivity contribution in [3.8, 4) is 5.69 Å². The molecule has 3 N–H and O–H groups in total. The van der Waals surface area contributed by atoms with Crippen LogP contribution in [0.25, 0.3) is 5.69 Å². The maximum atomic E-state index is 13.5. The smallest absolute Gasteiger partial charge is 0.286 e. The van der Waals surface area contributed by atoms with Gasteiger partial charge in [-0.3, -0.25) is 14.3 Å². The first kappa shape index (κ1) is 24.5. The van der Waals surface area contributed by atoms with Gasteiger partial charge in [0.2, 0.25) is 6.29 Å². The minimum atomic E-state index is -0.714. The Morgan fingerprint density at radius 1 is 1.34 bits per heavy atom. The number of rotatable bonds is 10. The van der Waals surface area contributed by atoms with Crippen molar-refractivity contribution >= 4 is 5.91 Å². The number of aliphatic hydroxyl groups is 1. The van der Waals surface area contributed by atoms with E-state index < -0.39 is 6.29 Å². The van der Waals surface area contributed by atoms with Gasteiger partial charge in [0.1, 0.15) is 0 Å². The second-order valence-corrected chi connectivity index (χ2v) is 8.43. The van der Waals surface area contributed by atoms with Crippen LogP contribution in [0.15, 0.2) is 59.5 Å². The van der Waals surface area contributed by atoms with E-state index >= 15 is 0 Å². The maximum absolute atomic E-state index is 13.5. The Morgan fingerprint density at radius 2 is 2.14 bits per heavy atom. The van der Waals surface area contributed by atoms with E-state index in [-0.39, 0.29) is 36.4 Å². The highest BCUT2D eigenvalue weighted by Gasteiger charge is 2.32. The highest BCUT2D eigenvalue weighted by atomic mass is 16.7. The van der Waals surface area contributed by atoms with Crippen molar-refractivity contribution in [3.63, 3.8) is 0 Å². The van der Waals surface area contributed by atoms with Crippen LogP contribution in [0.4, 0.5) is 0 Å². The molecule has 186 valence electrons. The lowest BCUT2D eigenvalue weighted by Crippen LogP contribution is -2.35. The van der Waals surface area contributed by atoms with Gasteiger partial charge in [0.15, 0.2) is 5.76 Å². The van der Waals surface area contributed by atoms with Crippen LogP contribution in [0.2, 0.25) is 0 Å². The van der Waals surface area contributed by atoms with Crippen LogP contribution in [-0.4, -0.2) is 56.4 Å². The van der Waals surface area contributed by atoms with E-state index in [1.54, 1.807) is 23.3 Å². The zero-order chi connectivity index (χ0) is 24.8. The van der Waals surface area contributed by atoms with E-state index in [1.165, 1.54) is 0 Å². The van der Waals surface area contributed by atoms with Crippen LogP contribution in [0.5, 0.6) is 0 Å². The molecule has 1 amide bonds. The number of imidazole rings is 1. The first-order valence-corrected chi connectivity index (χ1v) is 11.7. The molecule has 35 heavy (non-hydrogen) atoms. The van der Waals surface area contributed by atoms with Gasteiger partial charge < -0.3 is 24.9 Å². The molecule has 2 aromatic heterocycles. The van der Waals surface area contributed by atoms with E-state index in [2.05, 4.69) is 15.3 Å². The highest BCUT2D eigenvalue weighted by molar-refractivity contribution is 5.91. The molecule has 10 heteroatoms. The summed E-state index contributed by atoms with van der Waals surface area (Å²) in [6.45, 7) is 2.57. The largest absolute Gasteiger partial charge is 0.459 e. The van der Waals surface area contributed by atoms with Crippen LogP contribution in [0.3, 0.4) is 0 Å². The Morgan fingerprint density at radius 3 is 2.86 bits per heavy atom. The molecular formula is C25H31N5O5. The maximum Gasteiger partial charge on any atom is 0.286 e. The Labute approximate surface area is 203 Å². The van der Waals surface area contributed by atoms with Crippen molar-refractivity contribution in [1.29, 1.82) is 0 Å². The molecule has 4 rings (SSSR count). The van der Waals surface area contributed by atoms with Gasteiger partial charge in [0, 0.05) is 62.1 Å². The molecule has 1 aliphatic rings. The number of amides is 1. The quantitative estimate of drug-likeness (QED) is 0.379. The summed E-state index contributed by atoms with van der Waals surface area (Å²) in [7, 11) is 1.84. The number of allylic oxidation sites excluding steroid dienone is 1. The summed E-state index contributed by atoms with van der Waals surface area (Å²) in [5.41, 5.74) is 2.92. The van der Waals surface area contributed by atoms with Crippen LogP contribution in [0, 0.1) is 6.92 Å². The van der Waals surface area contributed by atoms with Gasteiger partial charge in [0.05, 0.1) is 18.6 Å². The number of hydrogen-bond donors (Lipinski definition) is 3. The fourth-order valence-electron chi connectivity index (χ4n) is 4.23. The highest BCUT2D eigenvalue weighted by Crippen LogP contribution is 2.32. The van der Waals surface area contributed by atoms with Crippen LogP contribution >= 0.6 is 0 Å². The molecule has 0 bridgehead atoms. The molecule has 0 spiro atoms. The van der Waals surface area contributed by atoms with Crippen LogP contribution in [-0.2, 0) is 27.7 Å². The van der Waals surface area contributed by atoms with Gasteiger partial charge in [0.25, 0.3) is 11.5 Å². The van der Waals surface area contributed by atoms with Gasteiger partial charge in [-0.1, -0.05) is 18.2 Å². The summed E-state index contributed by atoms with van der Waals surface area (Å²) in [5, 5.41) is 12.0. The Kier molecular flexibility index (Phi) is 7.84. The average Bonchev–Trinajstić information content (AvgIpc) is 3.45. The number of H-pyrrole nitrogens is 1. The number of carbonyl (C=O) groups excluding carboxylic acids is 1. The van der Waals surface area contributed by atoms with Gasteiger partial charge in [-0.15, -0.1) is 0 Å². The van der Waals surface area contributed by atoms with Crippen molar-refractivity contribution in [1.82, 2.24) is 24.6 Å². The van der Waals surface area contributed by atoms with E-state index in [0.717, 1.165) is 17.1 Å². The Bertz CT molecular complexity index is 1210. The summed E-state index contributed by atoms with van der Waals surface area (Å²) >= 11 is 0. The third-order valence-electron chi connectivity index (χ3n) is 6.09. The lowest BCUT2D eigenvalue weighted by Gasteiger charge is -2.28. The summed E-state index contributed by atoms with van der Waals surface area (Å²) < 4.78 is 15.1. The number of aliphatic hydroxyl groups excluding tert-OH is 1. The summed E-state index contributed by atoms with van der Waals surface area (Å²) in [6, 6.07) is 9.43. The number of ether oxygens (including phenoxy) is 2. The van der Waals surface area contributed by atoms with E-state index in [0.29, 0.717) is 31.4 Å². The van der Waals surface area contributed by atoms with Gasteiger partial charge in [-0.05, 0) is 31.6 Å². The predicted octanol–water partition coefficient (Wildman–Crippen LogP) is 1.68. The SMILES string of the molecule is Cc1c([C@@H]2C=C(C(=O)NCCc3cnc[nH]3)O[C@H](OCCCO)C2)c(=O)n(-c2ccccc2)n1C. The lowest BCUT2D eigenvalue weighted by molar-refractivity contribution is -0.146. The number of aromatic amines is 1. The molecule has 0 saturated heterocycles. The first-order valence-electron chi connectivity index (χ1n) is 11.7. The second kappa shape index (κ2) is 11.2. The average molecular weight is 482 g/mol. The van der Waals surface area contributed by atoms with E-state index in [1.807, 2.05) is 49.0 Å². The zero-order valence-electron chi connectivity index (χ0n) is 19.9. The number of hydrogen-bond acceptors (Lipinski definition) is 6. The molecular weight excluding hydrogens is 450 g/mol. The predicted molar refractivity (Wildman–Crippen MR) is 129 cm³/mol. The molecule has 10 nitrogen and oxygen atoms in total. The summed E-state index contributed by atoms with van der Waals surface area (Å²) in [6.07, 6.45) is 5.71. The number of nitrogens with zero attached hydrogens (tertiary/aromatic N) is 3. The molecule has 2 atom stereocenters. The van der Waals surface area contributed by atoms with Gasteiger partial charge >= 0.3 is 0 Å². The Hall–Kier alpha value is -3.63. The monoisotopic (exact) mass is 481 g/mol. The molecule has 1 aliphatic heterocycles. The van der Waals surface area contributed by atoms with Crippen molar-refractivity contribution in [3.05, 3.63) is 82.0 Å². The van der Waals surface area contributed by atoms with E-state index in [9.17, 15) is 9.59 Å². The topological polar surface area (TPSA) is 123 Å². The van der Waals surface area contributed by atoms with Crippen molar-refractivity contribution in [2.45, 2.75) is 38.4 Å². The molecule has 0 unspecified atom stereocenters. The van der Waals surface area contributed by atoms with Crippen LogP contribution < -0.4 is 10.9 Å². The lowest BCUT2D eigenvalue weighted by atomic mass is 9.93.